The molecule has 0 amide bonds. The number of hydrogen-bond donors (Lipinski definition) is 1. The standard InChI is InChI=1S/C20H21NO2S2/c1-12-13(6-2-3-10-17(22)23)18(16-9-5-11-24-16)19-14-7-4-8-15(14)25-20(19)21-12/h5,9,11H,2-4,6-8,10H2,1H3,(H,22,23). The van der Waals surface area contributed by atoms with E-state index in [1.54, 1.807) is 11.3 Å². The maximum Gasteiger partial charge on any atom is 0.303 e. The minimum Gasteiger partial charge on any atom is -0.481 e. The van der Waals surface area contributed by atoms with Crippen LogP contribution in [0, 0.1) is 6.92 Å². The molecule has 0 radical (unpaired) electrons. The van der Waals surface area contributed by atoms with Crippen LogP contribution < -0.4 is 0 Å². The Bertz CT molecular complexity index is 925. The van der Waals surface area contributed by atoms with Gasteiger partial charge in [0.15, 0.2) is 0 Å². The van der Waals surface area contributed by atoms with E-state index >= 15 is 0 Å². The van der Waals surface area contributed by atoms with Crippen LogP contribution in [0.25, 0.3) is 20.7 Å². The van der Waals surface area contributed by atoms with Crippen molar-refractivity contribution in [2.45, 2.75) is 51.9 Å². The van der Waals surface area contributed by atoms with Gasteiger partial charge in [-0.15, -0.1) is 22.7 Å². The number of aliphatic carboxylic acids is 1. The molecular formula is C20H21NO2S2. The zero-order valence-corrected chi connectivity index (χ0v) is 15.9. The number of aryl methyl sites for hydroxylation is 3. The van der Waals surface area contributed by atoms with E-state index in [0.29, 0.717) is 0 Å². The third-order valence-corrected chi connectivity index (χ3v) is 7.07. The first-order valence-corrected chi connectivity index (χ1v) is 10.5. The Hall–Kier alpha value is -1.72. The molecule has 1 N–H and O–H groups in total. The SMILES string of the molecule is Cc1nc2sc3c(c2c(-c2cccs2)c1CCCCC(=O)O)CCC3. The minimum atomic E-state index is -0.709. The number of fused-ring (bicyclic) bond motifs is 3. The lowest BCUT2D eigenvalue weighted by Gasteiger charge is -2.14. The van der Waals surface area contributed by atoms with Crippen molar-refractivity contribution < 1.29 is 9.90 Å². The molecule has 0 spiro atoms. The largest absolute Gasteiger partial charge is 0.481 e. The smallest absolute Gasteiger partial charge is 0.303 e. The molecule has 0 aliphatic heterocycles. The van der Waals surface area contributed by atoms with Crippen LogP contribution in [0.4, 0.5) is 0 Å². The van der Waals surface area contributed by atoms with Crippen molar-refractivity contribution in [3.8, 4) is 10.4 Å². The Morgan fingerprint density at radius 1 is 1.32 bits per heavy atom. The van der Waals surface area contributed by atoms with Crippen molar-refractivity contribution in [1.29, 1.82) is 0 Å². The quantitative estimate of drug-likeness (QED) is 0.572. The number of aromatic nitrogens is 1. The van der Waals surface area contributed by atoms with Gasteiger partial charge in [-0.25, -0.2) is 4.98 Å². The number of carboxylic acid groups (broad SMARTS) is 1. The van der Waals surface area contributed by atoms with E-state index in [2.05, 4.69) is 24.4 Å². The average Bonchev–Trinajstić information content (AvgIpc) is 3.28. The number of unbranched alkanes of at least 4 members (excludes halogenated alkanes) is 1. The molecule has 0 saturated carbocycles. The van der Waals surface area contributed by atoms with E-state index in [0.717, 1.165) is 31.4 Å². The van der Waals surface area contributed by atoms with Crippen LogP contribution in [-0.2, 0) is 24.1 Å². The van der Waals surface area contributed by atoms with Gasteiger partial charge in [-0.2, -0.15) is 0 Å². The summed E-state index contributed by atoms with van der Waals surface area (Å²) >= 11 is 3.66. The van der Waals surface area contributed by atoms with Crippen LogP contribution in [-0.4, -0.2) is 16.1 Å². The monoisotopic (exact) mass is 371 g/mol. The van der Waals surface area contributed by atoms with Crippen LogP contribution in [0.2, 0.25) is 0 Å². The van der Waals surface area contributed by atoms with Crippen molar-refractivity contribution in [2.75, 3.05) is 0 Å². The summed E-state index contributed by atoms with van der Waals surface area (Å²) in [7, 11) is 0. The maximum atomic E-state index is 10.8. The molecule has 25 heavy (non-hydrogen) atoms. The minimum absolute atomic E-state index is 0.247. The fraction of sp³-hybridized carbons (Fsp3) is 0.400. The summed E-state index contributed by atoms with van der Waals surface area (Å²) in [5.74, 6) is -0.709. The van der Waals surface area contributed by atoms with Crippen molar-refractivity contribution in [2.24, 2.45) is 0 Å². The molecule has 4 rings (SSSR count). The summed E-state index contributed by atoms with van der Waals surface area (Å²) in [6, 6.07) is 4.32. The van der Waals surface area contributed by atoms with Crippen LogP contribution in [0.5, 0.6) is 0 Å². The lowest BCUT2D eigenvalue weighted by atomic mass is 9.95. The predicted octanol–water partition coefficient (Wildman–Crippen LogP) is 5.62. The molecule has 5 heteroatoms. The number of nitrogens with zero attached hydrogens (tertiary/aromatic N) is 1. The first-order chi connectivity index (χ1) is 12.1. The molecule has 3 nitrogen and oxygen atoms in total. The van der Waals surface area contributed by atoms with E-state index in [4.69, 9.17) is 10.1 Å². The van der Waals surface area contributed by atoms with E-state index in [1.807, 2.05) is 11.3 Å². The van der Waals surface area contributed by atoms with Gasteiger partial charge in [-0.05, 0) is 68.0 Å². The first kappa shape index (κ1) is 16.7. The molecular weight excluding hydrogens is 350 g/mol. The Labute approximate surface area is 155 Å². The molecule has 130 valence electrons. The average molecular weight is 372 g/mol. The predicted molar refractivity (Wildman–Crippen MR) is 105 cm³/mol. The number of rotatable bonds is 6. The van der Waals surface area contributed by atoms with Gasteiger partial charge in [0.25, 0.3) is 0 Å². The first-order valence-electron chi connectivity index (χ1n) is 8.84. The van der Waals surface area contributed by atoms with Gasteiger partial charge in [-0.1, -0.05) is 6.07 Å². The lowest BCUT2D eigenvalue weighted by Crippen LogP contribution is -2.00. The molecule has 0 bridgehead atoms. The van der Waals surface area contributed by atoms with Crippen molar-refractivity contribution in [3.63, 3.8) is 0 Å². The molecule has 0 saturated heterocycles. The fourth-order valence-corrected chi connectivity index (χ4v) is 5.98. The van der Waals surface area contributed by atoms with E-state index in [9.17, 15) is 4.79 Å². The molecule has 3 aromatic rings. The van der Waals surface area contributed by atoms with E-state index in [-0.39, 0.29) is 6.42 Å². The van der Waals surface area contributed by atoms with E-state index < -0.39 is 5.97 Å². The second-order valence-electron chi connectivity index (χ2n) is 6.67. The topological polar surface area (TPSA) is 50.2 Å². The molecule has 0 aromatic carbocycles. The van der Waals surface area contributed by atoms with Crippen LogP contribution >= 0.6 is 22.7 Å². The van der Waals surface area contributed by atoms with Gasteiger partial charge in [0, 0.05) is 32.8 Å². The molecule has 1 aliphatic rings. The molecule has 3 aromatic heterocycles. The zero-order valence-electron chi connectivity index (χ0n) is 14.3. The molecule has 1 aliphatic carbocycles. The summed E-state index contributed by atoms with van der Waals surface area (Å²) in [6.45, 7) is 2.11. The van der Waals surface area contributed by atoms with Crippen LogP contribution in [0.1, 0.15) is 47.4 Å². The lowest BCUT2D eigenvalue weighted by molar-refractivity contribution is -0.137. The van der Waals surface area contributed by atoms with Crippen molar-refractivity contribution >= 4 is 38.9 Å². The number of carbonyl (C=O) groups is 1. The fourth-order valence-electron chi connectivity index (χ4n) is 3.85. The van der Waals surface area contributed by atoms with Gasteiger partial charge in [-0.3, -0.25) is 4.79 Å². The highest BCUT2D eigenvalue weighted by Gasteiger charge is 2.24. The number of carboxylic acids is 1. The molecule has 0 fully saturated rings. The van der Waals surface area contributed by atoms with Crippen LogP contribution in [0.3, 0.4) is 0 Å². The van der Waals surface area contributed by atoms with Crippen molar-refractivity contribution in [1.82, 2.24) is 4.98 Å². The second kappa shape index (κ2) is 6.89. The maximum absolute atomic E-state index is 10.8. The summed E-state index contributed by atoms with van der Waals surface area (Å²) < 4.78 is 0. The highest BCUT2D eigenvalue weighted by molar-refractivity contribution is 7.19. The summed E-state index contributed by atoms with van der Waals surface area (Å²) in [5.41, 5.74) is 5.30. The number of thiophene rings is 2. The second-order valence-corrected chi connectivity index (χ2v) is 8.70. The number of pyridine rings is 1. The van der Waals surface area contributed by atoms with Crippen LogP contribution in [0.15, 0.2) is 17.5 Å². The van der Waals surface area contributed by atoms with Crippen molar-refractivity contribution in [3.05, 3.63) is 39.2 Å². The van der Waals surface area contributed by atoms with Gasteiger partial charge in [0.05, 0.1) is 0 Å². The van der Waals surface area contributed by atoms with Gasteiger partial charge >= 0.3 is 5.97 Å². The Morgan fingerprint density at radius 2 is 2.20 bits per heavy atom. The normalized spacial score (nSPS) is 13.5. The highest BCUT2D eigenvalue weighted by Crippen LogP contribution is 2.45. The highest BCUT2D eigenvalue weighted by atomic mass is 32.1. The summed E-state index contributed by atoms with van der Waals surface area (Å²) in [6.07, 6.45) is 6.37. The Morgan fingerprint density at radius 3 is 2.96 bits per heavy atom. The molecule has 3 heterocycles. The summed E-state index contributed by atoms with van der Waals surface area (Å²) in [4.78, 5) is 19.7. The third-order valence-electron chi connectivity index (χ3n) is 5.00. The van der Waals surface area contributed by atoms with Gasteiger partial charge < -0.3 is 5.11 Å². The molecule has 0 atom stereocenters. The Kier molecular flexibility index (Phi) is 4.61. The summed E-state index contributed by atoms with van der Waals surface area (Å²) in [5, 5.41) is 12.4. The zero-order chi connectivity index (χ0) is 17.4. The number of hydrogen-bond acceptors (Lipinski definition) is 4. The van der Waals surface area contributed by atoms with E-state index in [1.165, 1.54) is 49.5 Å². The van der Waals surface area contributed by atoms with Gasteiger partial charge in [0.1, 0.15) is 4.83 Å². The molecule has 0 unspecified atom stereocenters. The third kappa shape index (κ3) is 3.11. The Balaban J connectivity index is 1.82. The van der Waals surface area contributed by atoms with Gasteiger partial charge in [0.2, 0.25) is 0 Å².